The molecule has 5 nitrogen and oxygen atoms in total. The van der Waals surface area contributed by atoms with E-state index in [9.17, 15) is 4.79 Å². The van der Waals surface area contributed by atoms with E-state index in [-0.39, 0.29) is 18.3 Å². The van der Waals surface area contributed by atoms with Crippen molar-refractivity contribution in [1.82, 2.24) is 10.2 Å². The van der Waals surface area contributed by atoms with E-state index in [0.29, 0.717) is 24.9 Å². The number of hydrogen-bond acceptors (Lipinski definition) is 4. The lowest BCUT2D eigenvalue weighted by molar-refractivity contribution is -0.126. The van der Waals surface area contributed by atoms with Crippen molar-refractivity contribution in [2.24, 2.45) is 11.7 Å². The molecule has 1 aliphatic rings. The molecular weight excluding hydrogens is 314 g/mol. The Bertz CT molecular complexity index is 330. The number of carbonyl (C=O) groups is 1. The molecule has 2 atom stereocenters. The van der Waals surface area contributed by atoms with Gasteiger partial charge < -0.3 is 15.8 Å². The van der Waals surface area contributed by atoms with Crippen molar-refractivity contribution >= 4 is 18.3 Å². The normalized spacial score (nSPS) is 19.7. The predicted molar refractivity (Wildman–Crippen MR) is 98.0 cm³/mol. The van der Waals surface area contributed by atoms with Crippen molar-refractivity contribution in [3.05, 3.63) is 0 Å². The first-order valence-electron chi connectivity index (χ1n) is 8.85. The Hall–Kier alpha value is -0.360. The van der Waals surface area contributed by atoms with Gasteiger partial charge in [0.1, 0.15) is 0 Å². The van der Waals surface area contributed by atoms with Gasteiger partial charge in [0.2, 0.25) is 5.91 Å². The maximum Gasteiger partial charge on any atom is 0.239 e. The Morgan fingerprint density at radius 2 is 1.83 bits per heavy atom. The zero-order chi connectivity index (χ0) is 16.6. The van der Waals surface area contributed by atoms with Crippen LogP contribution in [-0.4, -0.2) is 55.2 Å². The molecule has 1 rings (SSSR count). The van der Waals surface area contributed by atoms with Gasteiger partial charge in [-0.2, -0.15) is 0 Å². The fourth-order valence-electron chi connectivity index (χ4n) is 3.37. The topological polar surface area (TPSA) is 67.6 Å². The highest BCUT2D eigenvalue weighted by Gasteiger charge is 2.31. The third-order valence-corrected chi connectivity index (χ3v) is 4.87. The average Bonchev–Trinajstić information content (AvgIpc) is 2.51. The van der Waals surface area contributed by atoms with Crippen molar-refractivity contribution in [2.45, 2.75) is 65.0 Å². The molecule has 6 heteroatoms. The second-order valence-corrected chi connectivity index (χ2v) is 6.67. The molecule has 0 spiro atoms. The summed E-state index contributed by atoms with van der Waals surface area (Å²) in [5.41, 5.74) is 5.37. The summed E-state index contributed by atoms with van der Waals surface area (Å²) in [6.07, 6.45) is 3.89. The second-order valence-electron chi connectivity index (χ2n) is 6.67. The van der Waals surface area contributed by atoms with E-state index in [1.54, 1.807) is 0 Å². The van der Waals surface area contributed by atoms with Crippen LogP contribution in [0, 0.1) is 5.92 Å². The monoisotopic (exact) mass is 349 g/mol. The predicted octanol–water partition coefficient (Wildman–Crippen LogP) is 2.18. The van der Waals surface area contributed by atoms with Crippen LogP contribution < -0.4 is 11.1 Å². The summed E-state index contributed by atoms with van der Waals surface area (Å²) >= 11 is 0. The molecule has 1 amide bonds. The van der Waals surface area contributed by atoms with Gasteiger partial charge in [-0.05, 0) is 19.3 Å². The molecule has 0 radical (unpaired) electrons. The minimum Gasteiger partial charge on any atom is -0.379 e. The van der Waals surface area contributed by atoms with Crippen molar-refractivity contribution in [3.63, 3.8) is 0 Å². The van der Waals surface area contributed by atoms with Crippen LogP contribution in [0.1, 0.15) is 53.4 Å². The third kappa shape index (κ3) is 6.96. The first-order valence-corrected chi connectivity index (χ1v) is 8.85. The second kappa shape index (κ2) is 11.2. The summed E-state index contributed by atoms with van der Waals surface area (Å²) < 4.78 is 5.46. The van der Waals surface area contributed by atoms with E-state index in [2.05, 4.69) is 31.0 Å². The standard InChI is InChI=1S/C17H35N3O2.ClH/c1-5-8-17(4,18)16(21)19-13-15(14(6-2)7-3)20-9-11-22-12-10-20;/h14-15H,5-13,18H2,1-4H3,(H,19,21);1H. The molecule has 23 heavy (non-hydrogen) atoms. The summed E-state index contributed by atoms with van der Waals surface area (Å²) in [7, 11) is 0. The Morgan fingerprint density at radius 1 is 1.26 bits per heavy atom. The lowest BCUT2D eigenvalue weighted by Crippen LogP contribution is -2.57. The smallest absolute Gasteiger partial charge is 0.239 e. The number of nitrogens with two attached hydrogens (primary N) is 1. The molecule has 1 heterocycles. The zero-order valence-corrected chi connectivity index (χ0v) is 16.1. The van der Waals surface area contributed by atoms with Gasteiger partial charge in [0, 0.05) is 25.7 Å². The van der Waals surface area contributed by atoms with Gasteiger partial charge in [0.05, 0.1) is 18.8 Å². The summed E-state index contributed by atoms with van der Waals surface area (Å²) in [6, 6.07) is 0.375. The fraction of sp³-hybridized carbons (Fsp3) is 0.941. The Labute approximate surface area is 148 Å². The summed E-state index contributed by atoms with van der Waals surface area (Å²) in [5, 5.41) is 3.11. The largest absolute Gasteiger partial charge is 0.379 e. The highest BCUT2D eigenvalue weighted by molar-refractivity contribution is 5.85. The first kappa shape index (κ1) is 22.6. The molecule has 1 saturated heterocycles. The molecule has 0 aromatic carbocycles. The van der Waals surface area contributed by atoms with E-state index in [0.717, 1.165) is 45.6 Å². The number of rotatable bonds is 9. The SMILES string of the molecule is CCCC(C)(N)C(=O)NCC(C(CC)CC)N1CCOCC1.Cl. The summed E-state index contributed by atoms with van der Waals surface area (Å²) in [6.45, 7) is 12.5. The minimum atomic E-state index is -0.766. The van der Waals surface area contributed by atoms with Crippen LogP contribution in [0.15, 0.2) is 0 Å². The van der Waals surface area contributed by atoms with Crippen LogP contribution in [0.2, 0.25) is 0 Å². The number of ether oxygens (including phenoxy) is 1. The third-order valence-electron chi connectivity index (χ3n) is 4.87. The molecule has 3 N–H and O–H groups in total. The highest BCUT2D eigenvalue weighted by atomic mass is 35.5. The van der Waals surface area contributed by atoms with Gasteiger partial charge in [-0.1, -0.05) is 40.0 Å². The van der Waals surface area contributed by atoms with Crippen LogP contribution in [0.25, 0.3) is 0 Å². The molecule has 0 aromatic heterocycles. The zero-order valence-electron chi connectivity index (χ0n) is 15.3. The first-order chi connectivity index (χ1) is 10.5. The molecule has 1 aliphatic heterocycles. The van der Waals surface area contributed by atoms with Crippen LogP contribution in [0.5, 0.6) is 0 Å². The number of nitrogens with one attached hydrogen (secondary N) is 1. The van der Waals surface area contributed by atoms with Gasteiger partial charge in [-0.15, -0.1) is 12.4 Å². The van der Waals surface area contributed by atoms with Crippen LogP contribution in [0.4, 0.5) is 0 Å². The number of nitrogens with zero attached hydrogens (tertiary/aromatic N) is 1. The summed E-state index contributed by atoms with van der Waals surface area (Å²) in [4.78, 5) is 14.8. The van der Waals surface area contributed by atoms with Gasteiger partial charge in [-0.3, -0.25) is 9.69 Å². The van der Waals surface area contributed by atoms with Crippen LogP contribution in [0.3, 0.4) is 0 Å². The fourth-order valence-corrected chi connectivity index (χ4v) is 3.37. The number of morpholine rings is 1. The van der Waals surface area contributed by atoms with Crippen LogP contribution >= 0.6 is 12.4 Å². The molecule has 138 valence electrons. The Balaban J connectivity index is 0.00000484. The number of hydrogen-bond donors (Lipinski definition) is 2. The Kier molecular flexibility index (Phi) is 11.1. The van der Waals surface area contributed by atoms with E-state index < -0.39 is 5.54 Å². The molecule has 1 fully saturated rings. The molecule has 0 saturated carbocycles. The number of halogens is 1. The average molecular weight is 350 g/mol. The molecule has 0 aromatic rings. The highest BCUT2D eigenvalue weighted by Crippen LogP contribution is 2.20. The maximum atomic E-state index is 12.4. The van der Waals surface area contributed by atoms with Gasteiger partial charge in [0.25, 0.3) is 0 Å². The van der Waals surface area contributed by atoms with E-state index in [1.807, 2.05) is 6.92 Å². The summed E-state index contributed by atoms with van der Waals surface area (Å²) in [5.74, 6) is 0.562. The van der Waals surface area contributed by atoms with Gasteiger partial charge >= 0.3 is 0 Å². The van der Waals surface area contributed by atoms with Crippen molar-refractivity contribution in [3.8, 4) is 0 Å². The van der Waals surface area contributed by atoms with Gasteiger partial charge in [0.15, 0.2) is 0 Å². The minimum absolute atomic E-state index is 0. The lowest BCUT2D eigenvalue weighted by Gasteiger charge is -2.39. The van der Waals surface area contributed by atoms with Crippen molar-refractivity contribution in [2.75, 3.05) is 32.8 Å². The lowest BCUT2D eigenvalue weighted by atomic mass is 9.91. The molecule has 0 bridgehead atoms. The molecule has 2 unspecified atom stereocenters. The quantitative estimate of drug-likeness (QED) is 0.669. The van der Waals surface area contributed by atoms with E-state index in [1.165, 1.54) is 0 Å². The molecular formula is C17H36ClN3O2. The van der Waals surface area contributed by atoms with E-state index in [4.69, 9.17) is 10.5 Å². The maximum absolute atomic E-state index is 12.4. The molecule has 0 aliphatic carbocycles. The van der Waals surface area contributed by atoms with Crippen LogP contribution in [-0.2, 0) is 9.53 Å². The van der Waals surface area contributed by atoms with Crippen molar-refractivity contribution in [1.29, 1.82) is 0 Å². The van der Waals surface area contributed by atoms with E-state index >= 15 is 0 Å². The number of carbonyl (C=O) groups excluding carboxylic acids is 1. The Morgan fingerprint density at radius 3 is 2.30 bits per heavy atom. The van der Waals surface area contributed by atoms with Crippen molar-refractivity contribution < 1.29 is 9.53 Å². The number of amides is 1. The van der Waals surface area contributed by atoms with Gasteiger partial charge in [-0.25, -0.2) is 0 Å².